The van der Waals surface area contributed by atoms with Crippen molar-refractivity contribution in [2.24, 2.45) is 0 Å². The monoisotopic (exact) mass is 148 g/mol. The second kappa shape index (κ2) is 3.10. The Kier molecular flexibility index (Phi) is 2.35. The fraction of sp³-hybridized carbons (Fsp3) is 0.333. The molecule has 0 bridgehead atoms. The molecule has 0 saturated carbocycles. The summed E-state index contributed by atoms with van der Waals surface area (Å²) < 4.78 is 0. The van der Waals surface area contributed by atoms with Crippen LogP contribution in [0.2, 0.25) is 0 Å². The molecule has 1 aromatic rings. The molecule has 11 heavy (non-hydrogen) atoms. The minimum atomic E-state index is -0.351. The molecule has 0 aliphatic rings. The summed E-state index contributed by atoms with van der Waals surface area (Å²) in [7, 11) is 2.02. The Morgan fingerprint density at radius 3 is 2.55 bits per heavy atom. The van der Waals surface area contributed by atoms with E-state index >= 15 is 0 Å². The first-order valence-corrected chi connectivity index (χ1v) is 3.86. The number of hydrogen-bond donors (Lipinski definition) is 1. The maximum Gasteiger partial charge on any atom is 0.139 e. The highest BCUT2D eigenvalue weighted by atomic mass is 16.3. The summed E-state index contributed by atoms with van der Waals surface area (Å²) in [5.41, 5.74) is 3.43. The molecule has 2 heteroatoms. The van der Waals surface area contributed by atoms with Gasteiger partial charge in [-0.1, -0.05) is 29.2 Å². The SMILES string of the molecule is Bc1cc(C)ccc1[C@@H](C)O. The second-order valence-electron chi connectivity index (χ2n) is 3.04. The van der Waals surface area contributed by atoms with Gasteiger partial charge in [0.1, 0.15) is 7.85 Å². The first kappa shape index (κ1) is 8.34. The van der Waals surface area contributed by atoms with Gasteiger partial charge >= 0.3 is 0 Å². The fourth-order valence-electron chi connectivity index (χ4n) is 1.29. The zero-order valence-electron chi connectivity index (χ0n) is 7.26. The van der Waals surface area contributed by atoms with E-state index in [1.807, 2.05) is 20.0 Å². The van der Waals surface area contributed by atoms with Gasteiger partial charge in [-0.2, -0.15) is 0 Å². The Balaban J connectivity index is 3.09. The van der Waals surface area contributed by atoms with Gasteiger partial charge < -0.3 is 5.11 Å². The summed E-state index contributed by atoms with van der Waals surface area (Å²) in [6, 6.07) is 6.09. The summed E-state index contributed by atoms with van der Waals surface area (Å²) in [6.45, 7) is 3.84. The number of aryl methyl sites for hydroxylation is 1. The topological polar surface area (TPSA) is 20.2 Å². The number of aliphatic hydroxyl groups excluding tert-OH is 1. The molecule has 0 radical (unpaired) electrons. The molecule has 0 fully saturated rings. The van der Waals surface area contributed by atoms with Crippen molar-refractivity contribution >= 4 is 13.3 Å². The summed E-state index contributed by atoms with van der Waals surface area (Å²) in [6.07, 6.45) is -0.351. The largest absolute Gasteiger partial charge is 0.389 e. The van der Waals surface area contributed by atoms with Crippen LogP contribution in [0.4, 0.5) is 0 Å². The van der Waals surface area contributed by atoms with Crippen LogP contribution in [0, 0.1) is 6.92 Å². The first-order chi connectivity index (χ1) is 5.11. The average molecular weight is 148 g/mol. The molecule has 0 saturated heterocycles. The third kappa shape index (κ3) is 1.84. The maximum atomic E-state index is 9.30. The van der Waals surface area contributed by atoms with E-state index in [1.165, 1.54) is 11.0 Å². The van der Waals surface area contributed by atoms with E-state index in [4.69, 9.17) is 0 Å². The molecule has 1 atom stereocenters. The third-order valence-corrected chi connectivity index (χ3v) is 1.88. The van der Waals surface area contributed by atoms with Crippen LogP contribution < -0.4 is 5.46 Å². The molecule has 58 valence electrons. The van der Waals surface area contributed by atoms with Gasteiger partial charge in [-0.05, 0) is 19.4 Å². The maximum absolute atomic E-state index is 9.30. The van der Waals surface area contributed by atoms with Gasteiger partial charge in [0.15, 0.2) is 0 Å². The number of benzene rings is 1. The van der Waals surface area contributed by atoms with E-state index in [0.717, 1.165) is 5.56 Å². The molecule has 0 aromatic heterocycles. The van der Waals surface area contributed by atoms with E-state index in [1.54, 1.807) is 6.92 Å². The van der Waals surface area contributed by atoms with Crippen molar-refractivity contribution in [3.8, 4) is 0 Å². The molecule has 0 heterocycles. The lowest BCUT2D eigenvalue weighted by atomic mass is 9.87. The fourth-order valence-corrected chi connectivity index (χ4v) is 1.29. The normalized spacial score (nSPS) is 13.0. The van der Waals surface area contributed by atoms with E-state index in [2.05, 4.69) is 13.0 Å². The van der Waals surface area contributed by atoms with Crippen molar-refractivity contribution in [2.75, 3.05) is 0 Å². The Hall–Kier alpha value is -0.755. The summed E-state index contributed by atoms with van der Waals surface area (Å²) in [5, 5.41) is 9.30. The zero-order valence-corrected chi connectivity index (χ0v) is 7.26. The van der Waals surface area contributed by atoms with Crippen molar-refractivity contribution in [1.29, 1.82) is 0 Å². The number of rotatable bonds is 1. The van der Waals surface area contributed by atoms with Crippen LogP contribution in [0.3, 0.4) is 0 Å². The highest BCUT2D eigenvalue weighted by molar-refractivity contribution is 6.33. The van der Waals surface area contributed by atoms with Crippen molar-refractivity contribution < 1.29 is 5.11 Å². The smallest absolute Gasteiger partial charge is 0.139 e. The van der Waals surface area contributed by atoms with E-state index < -0.39 is 0 Å². The molecule has 0 aliphatic heterocycles. The lowest BCUT2D eigenvalue weighted by Gasteiger charge is -2.08. The van der Waals surface area contributed by atoms with E-state index in [-0.39, 0.29) is 6.10 Å². The average Bonchev–Trinajstić information content (AvgIpc) is 1.85. The molecule has 1 rings (SSSR count). The van der Waals surface area contributed by atoms with Crippen LogP contribution >= 0.6 is 0 Å². The number of hydrogen-bond acceptors (Lipinski definition) is 1. The standard InChI is InChI=1S/C9H13BO/c1-6-3-4-8(7(2)11)9(10)5-6/h3-5,7,11H,10H2,1-2H3/t7-/m1/s1. The third-order valence-electron chi connectivity index (χ3n) is 1.88. The van der Waals surface area contributed by atoms with Crippen molar-refractivity contribution in [2.45, 2.75) is 20.0 Å². The van der Waals surface area contributed by atoms with Gasteiger partial charge in [-0.15, -0.1) is 0 Å². The predicted molar refractivity (Wildman–Crippen MR) is 50.0 cm³/mol. The van der Waals surface area contributed by atoms with Crippen molar-refractivity contribution in [3.05, 3.63) is 29.3 Å². The summed E-state index contributed by atoms with van der Waals surface area (Å²) in [4.78, 5) is 0. The summed E-state index contributed by atoms with van der Waals surface area (Å²) in [5.74, 6) is 0. The van der Waals surface area contributed by atoms with E-state index in [0.29, 0.717) is 0 Å². The zero-order chi connectivity index (χ0) is 8.43. The molecule has 0 unspecified atom stereocenters. The van der Waals surface area contributed by atoms with Gasteiger partial charge in [-0.3, -0.25) is 0 Å². The molecule has 0 spiro atoms. The lowest BCUT2D eigenvalue weighted by Crippen LogP contribution is -2.12. The van der Waals surface area contributed by atoms with Crippen LogP contribution in [0.25, 0.3) is 0 Å². The van der Waals surface area contributed by atoms with E-state index in [9.17, 15) is 5.11 Å². The quantitative estimate of drug-likeness (QED) is 0.568. The van der Waals surface area contributed by atoms with Crippen molar-refractivity contribution in [3.63, 3.8) is 0 Å². The molecule has 1 aromatic carbocycles. The Labute approximate surface area is 68.5 Å². The Morgan fingerprint density at radius 1 is 1.45 bits per heavy atom. The predicted octanol–water partition coefficient (Wildman–Crippen LogP) is 0.307. The van der Waals surface area contributed by atoms with Crippen LogP contribution in [0.1, 0.15) is 24.2 Å². The summed E-state index contributed by atoms with van der Waals surface area (Å²) >= 11 is 0. The van der Waals surface area contributed by atoms with Gasteiger partial charge in [0.25, 0.3) is 0 Å². The molecule has 0 amide bonds. The minimum absolute atomic E-state index is 0.351. The molecule has 1 N–H and O–H groups in total. The first-order valence-electron chi connectivity index (χ1n) is 3.86. The van der Waals surface area contributed by atoms with Gasteiger partial charge in [0.2, 0.25) is 0 Å². The van der Waals surface area contributed by atoms with Gasteiger partial charge in [0.05, 0.1) is 6.10 Å². The van der Waals surface area contributed by atoms with Crippen LogP contribution in [0.5, 0.6) is 0 Å². The molecule has 1 nitrogen and oxygen atoms in total. The molecular formula is C9H13BO. The highest BCUT2D eigenvalue weighted by Gasteiger charge is 2.02. The van der Waals surface area contributed by atoms with Crippen LogP contribution in [-0.4, -0.2) is 13.0 Å². The molecular weight excluding hydrogens is 135 g/mol. The van der Waals surface area contributed by atoms with Gasteiger partial charge in [0, 0.05) is 0 Å². The Morgan fingerprint density at radius 2 is 2.09 bits per heavy atom. The highest BCUT2D eigenvalue weighted by Crippen LogP contribution is 2.08. The van der Waals surface area contributed by atoms with Gasteiger partial charge in [-0.25, -0.2) is 0 Å². The van der Waals surface area contributed by atoms with Crippen LogP contribution in [-0.2, 0) is 0 Å². The minimum Gasteiger partial charge on any atom is -0.389 e. The number of aliphatic hydroxyl groups is 1. The Bertz CT molecular complexity index is 256. The van der Waals surface area contributed by atoms with Crippen LogP contribution in [0.15, 0.2) is 18.2 Å². The second-order valence-corrected chi connectivity index (χ2v) is 3.04. The van der Waals surface area contributed by atoms with Crippen molar-refractivity contribution in [1.82, 2.24) is 0 Å². The molecule has 0 aliphatic carbocycles. The lowest BCUT2D eigenvalue weighted by molar-refractivity contribution is 0.200.